The standard InChI is InChI=1S/C20H23NO4S/c1-2-12-21(17-11-13-26(23,24)15-17)20(22)16-7-6-10-19(14-16)25-18-8-4-3-5-9-18/h3-10,14,17H,2,11-13,15H2,1H3/t17-/m0/s1. The summed E-state index contributed by atoms with van der Waals surface area (Å²) in [6.07, 6.45) is 1.29. The van der Waals surface area contributed by atoms with Gasteiger partial charge in [-0.1, -0.05) is 31.2 Å². The Kier molecular flexibility index (Phi) is 5.61. The predicted molar refractivity (Wildman–Crippen MR) is 101 cm³/mol. The number of carbonyl (C=O) groups excluding carboxylic acids is 1. The summed E-state index contributed by atoms with van der Waals surface area (Å²) in [4.78, 5) is 14.7. The number of rotatable bonds is 6. The Hall–Kier alpha value is -2.34. The number of benzene rings is 2. The van der Waals surface area contributed by atoms with E-state index in [9.17, 15) is 13.2 Å². The van der Waals surface area contributed by atoms with E-state index in [2.05, 4.69) is 0 Å². The van der Waals surface area contributed by atoms with Gasteiger partial charge in [0.05, 0.1) is 11.5 Å². The lowest BCUT2D eigenvalue weighted by Crippen LogP contribution is -2.41. The van der Waals surface area contributed by atoms with Crippen LogP contribution in [0.15, 0.2) is 54.6 Å². The molecule has 0 aliphatic carbocycles. The summed E-state index contributed by atoms with van der Waals surface area (Å²) in [5, 5.41) is 0. The number of hydrogen-bond donors (Lipinski definition) is 0. The molecule has 26 heavy (non-hydrogen) atoms. The van der Waals surface area contributed by atoms with E-state index < -0.39 is 9.84 Å². The molecule has 5 nitrogen and oxygen atoms in total. The van der Waals surface area contributed by atoms with Gasteiger partial charge >= 0.3 is 0 Å². The topological polar surface area (TPSA) is 63.7 Å². The molecule has 0 bridgehead atoms. The van der Waals surface area contributed by atoms with Crippen LogP contribution in [0.5, 0.6) is 11.5 Å². The third kappa shape index (κ3) is 4.43. The van der Waals surface area contributed by atoms with E-state index in [0.29, 0.717) is 30.0 Å². The van der Waals surface area contributed by atoms with Crippen molar-refractivity contribution in [3.63, 3.8) is 0 Å². The minimum absolute atomic E-state index is 0.0545. The summed E-state index contributed by atoms with van der Waals surface area (Å²) in [5.74, 6) is 1.34. The van der Waals surface area contributed by atoms with E-state index in [-0.39, 0.29) is 23.5 Å². The largest absolute Gasteiger partial charge is 0.457 e. The van der Waals surface area contributed by atoms with Crippen LogP contribution >= 0.6 is 0 Å². The summed E-state index contributed by atoms with van der Waals surface area (Å²) in [6.45, 7) is 2.53. The molecule has 1 atom stereocenters. The Morgan fingerprint density at radius 3 is 2.50 bits per heavy atom. The molecule has 0 saturated carbocycles. The summed E-state index contributed by atoms with van der Waals surface area (Å²) in [5.41, 5.74) is 0.510. The van der Waals surface area contributed by atoms with Crippen LogP contribution in [0.4, 0.5) is 0 Å². The second kappa shape index (κ2) is 7.91. The van der Waals surface area contributed by atoms with Crippen LogP contribution in [0, 0.1) is 0 Å². The predicted octanol–water partition coefficient (Wildman–Crippen LogP) is 3.52. The van der Waals surface area contributed by atoms with E-state index >= 15 is 0 Å². The van der Waals surface area contributed by atoms with Gasteiger partial charge in [-0.25, -0.2) is 8.42 Å². The van der Waals surface area contributed by atoms with Gasteiger partial charge in [0.1, 0.15) is 11.5 Å². The molecule has 1 aliphatic rings. The molecule has 1 saturated heterocycles. The van der Waals surface area contributed by atoms with Crippen molar-refractivity contribution in [2.45, 2.75) is 25.8 Å². The van der Waals surface area contributed by atoms with Gasteiger partial charge in [0.25, 0.3) is 5.91 Å². The van der Waals surface area contributed by atoms with Crippen LogP contribution in [0.3, 0.4) is 0 Å². The minimum atomic E-state index is -3.04. The van der Waals surface area contributed by atoms with Gasteiger partial charge in [-0.2, -0.15) is 0 Å². The molecule has 2 aromatic carbocycles. The number of sulfone groups is 1. The summed E-state index contributed by atoms with van der Waals surface area (Å²) < 4.78 is 29.4. The molecule has 138 valence electrons. The Labute approximate surface area is 154 Å². The van der Waals surface area contributed by atoms with Crippen LogP contribution in [-0.4, -0.2) is 43.3 Å². The van der Waals surface area contributed by atoms with Crippen LogP contribution in [0.25, 0.3) is 0 Å². The molecular weight excluding hydrogens is 350 g/mol. The van der Waals surface area contributed by atoms with Gasteiger partial charge in [0.2, 0.25) is 0 Å². The number of amides is 1. The zero-order valence-corrected chi connectivity index (χ0v) is 15.6. The fraction of sp³-hybridized carbons (Fsp3) is 0.350. The first-order valence-corrected chi connectivity index (χ1v) is 10.6. The highest BCUT2D eigenvalue weighted by atomic mass is 32.2. The molecule has 2 aromatic rings. The van der Waals surface area contributed by atoms with Gasteiger partial charge < -0.3 is 9.64 Å². The van der Waals surface area contributed by atoms with Crippen molar-refractivity contribution in [3.05, 3.63) is 60.2 Å². The lowest BCUT2D eigenvalue weighted by molar-refractivity contribution is 0.0696. The number of para-hydroxylation sites is 1. The zero-order chi connectivity index (χ0) is 18.6. The van der Waals surface area contributed by atoms with Gasteiger partial charge in [0, 0.05) is 18.2 Å². The molecule has 1 amide bonds. The van der Waals surface area contributed by atoms with Crippen LogP contribution < -0.4 is 4.74 Å². The molecule has 0 radical (unpaired) electrons. The third-order valence-electron chi connectivity index (χ3n) is 4.43. The number of hydrogen-bond acceptors (Lipinski definition) is 4. The SMILES string of the molecule is CCCN(C(=O)c1cccc(Oc2ccccc2)c1)[C@H]1CCS(=O)(=O)C1. The molecule has 0 spiro atoms. The van der Waals surface area contributed by atoms with Gasteiger partial charge in [-0.15, -0.1) is 0 Å². The Bertz CT molecular complexity index is 864. The molecule has 3 rings (SSSR count). The van der Waals surface area contributed by atoms with Gasteiger partial charge in [0.15, 0.2) is 9.84 Å². The summed E-state index contributed by atoms with van der Waals surface area (Å²) in [7, 11) is -3.04. The lowest BCUT2D eigenvalue weighted by atomic mass is 10.1. The Morgan fingerprint density at radius 2 is 1.85 bits per heavy atom. The normalized spacial score (nSPS) is 18.4. The highest BCUT2D eigenvalue weighted by molar-refractivity contribution is 7.91. The smallest absolute Gasteiger partial charge is 0.254 e. The van der Waals surface area contributed by atoms with Crippen LogP contribution in [0.1, 0.15) is 30.1 Å². The monoisotopic (exact) mass is 373 g/mol. The third-order valence-corrected chi connectivity index (χ3v) is 6.18. The molecule has 6 heteroatoms. The maximum absolute atomic E-state index is 13.0. The highest BCUT2D eigenvalue weighted by Crippen LogP contribution is 2.24. The van der Waals surface area contributed by atoms with Crippen molar-refractivity contribution in [2.24, 2.45) is 0 Å². The van der Waals surface area contributed by atoms with Crippen LogP contribution in [-0.2, 0) is 9.84 Å². The second-order valence-electron chi connectivity index (χ2n) is 6.50. The maximum atomic E-state index is 13.0. The Balaban J connectivity index is 1.80. The average molecular weight is 373 g/mol. The molecule has 0 N–H and O–H groups in total. The molecule has 1 heterocycles. The number of nitrogens with zero attached hydrogens (tertiary/aromatic N) is 1. The lowest BCUT2D eigenvalue weighted by Gasteiger charge is -2.28. The first-order valence-electron chi connectivity index (χ1n) is 8.83. The first kappa shape index (κ1) is 18.5. The van der Waals surface area contributed by atoms with Crippen molar-refractivity contribution in [2.75, 3.05) is 18.1 Å². The zero-order valence-electron chi connectivity index (χ0n) is 14.8. The van der Waals surface area contributed by atoms with Crippen molar-refractivity contribution in [3.8, 4) is 11.5 Å². The van der Waals surface area contributed by atoms with E-state index in [0.717, 1.165) is 6.42 Å². The fourth-order valence-corrected chi connectivity index (χ4v) is 4.93. The van der Waals surface area contributed by atoms with Crippen LogP contribution in [0.2, 0.25) is 0 Å². The van der Waals surface area contributed by atoms with E-state index in [1.54, 1.807) is 29.2 Å². The van der Waals surface area contributed by atoms with Crippen molar-refractivity contribution >= 4 is 15.7 Å². The van der Waals surface area contributed by atoms with E-state index in [4.69, 9.17) is 4.74 Å². The summed E-state index contributed by atoms with van der Waals surface area (Å²) in [6, 6.07) is 16.2. The van der Waals surface area contributed by atoms with E-state index in [1.807, 2.05) is 37.3 Å². The Morgan fingerprint density at radius 1 is 1.12 bits per heavy atom. The first-order chi connectivity index (χ1) is 12.5. The minimum Gasteiger partial charge on any atom is -0.457 e. The number of carbonyl (C=O) groups is 1. The summed E-state index contributed by atoms with van der Waals surface area (Å²) >= 11 is 0. The quantitative estimate of drug-likeness (QED) is 0.777. The van der Waals surface area contributed by atoms with E-state index in [1.165, 1.54) is 0 Å². The van der Waals surface area contributed by atoms with Crippen molar-refractivity contribution in [1.82, 2.24) is 4.90 Å². The van der Waals surface area contributed by atoms with Crippen molar-refractivity contribution in [1.29, 1.82) is 0 Å². The molecule has 1 aliphatic heterocycles. The molecule has 0 unspecified atom stereocenters. The van der Waals surface area contributed by atoms with Gasteiger partial charge in [-0.3, -0.25) is 4.79 Å². The molecular formula is C20H23NO4S. The number of ether oxygens (including phenoxy) is 1. The molecule has 1 fully saturated rings. The molecule has 0 aromatic heterocycles. The fourth-order valence-electron chi connectivity index (χ4n) is 3.20. The maximum Gasteiger partial charge on any atom is 0.254 e. The highest BCUT2D eigenvalue weighted by Gasteiger charge is 2.34. The van der Waals surface area contributed by atoms with Gasteiger partial charge in [-0.05, 0) is 43.2 Å². The van der Waals surface area contributed by atoms with Crippen molar-refractivity contribution < 1.29 is 17.9 Å². The second-order valence-corrected chi connectivity index (χ2v) is 8.73. The average Bonchev–Trinajstić information content (AvgIpc) is 3.00.